The standard InChI is InChI=1S/C10H14.C2H6.C2H4.CH4/c1-10(2,3)9-7-5-4-6-8-9;2*1-2;/h4-8H,1-3H3;1-2H3;1-2H2;1H4. The molecule has 0 radical (unpaired) electrons. The van der Waals surface area contributed by atoms with Crippen molar-refractivity contribution in [2.24, 2.45) is 0 Å². The van der Waals surface area contributed by atoms with E-state index in [0.29, 0.717) is 5.41 Å². The average molecular weight is 208 g/mol. The van der Waals surface area contributed by atoms with Crippen LogP contribution in [0.1, 0.15) is 47.6 Å². The second kappa shape index (κ2) is 11.0. The van der Waals surface area contributed by atoms with Gasteiger partial charge >= 0.3 is 0 Å². The quantitative estimate of drug-likeness (QED) is 0.497. The predicted octanol–water partition coefficient (Wildman–Crippen LogP) is 5.45. The number of rotatable bonds is 0. The van der Waals surface area contributed by atoms with Gasteiger partial charge in [-0.15, -0.1) is 13.2 Å². The van der Waals surface area contributed by atoms with Crippen LogP contribution in [0.2, 0.25) is 0 Å². The van der Waals surface area contributed by atoms with Gasteiger partial charge in [0, 0.05) is 0 Å². The van der Waals surface area contributed by atoms with Crippen LogP contribution in [0.5, 0.6) is 0 Å². The van der Waals surface area contributed by atoms with E-state index < -0.39 is 0 Å². The molecular weight excluding hydrogens is 180 g/mol. The summed E-state index contributed by atoms with van der Waals surface area (Å²) in [5.41, 5.74) is 1.69. The van der Waals surface area contributed by atoms with Gasteiger partial charge in [0.2, 0.25) is 0 Å². The Morgan fingerprint density at radius 1 is 0.867 bits per heavy atom. The molecule has 0 aliphatic heterocycles. The van der Waals surface area contributed by atoms with E-state index in [0.717, 1.165) is 0 Å². The fourth-order valence-electron chi connectivity index (χ4n) is 0.938. The average Bonchev–Trinajstić information content (AvgIpc) is 2.24. The molecule has 0 heteroatoms. The SMILES string of the molecule is C.C=C.CC.CC(C)(C)c1ccccc1. The normalized spacial score (nSPS) is 8.33. The van der Waals surface area contributed by atoms with Crippen molar-refractivity contribution < 1.29 is 0 Å². The molecule has 0 fully saturated rings. The van der Waals surface area contributed by atoms with Crippen LogP contribution in [0.4, 0.5) is 0 Å². The summed E-state index contributed by atoms with van der Waals surface area (Å²) >= 11 is 0. The minimum Gasteiger partial charge on any atom is -0.106 e. The highest BCUT2D eigenvalue weighted by Gasteiger charge is 2.11. The molecule has 15 heavy (non-hydrogen) atoms. The Kier molecular flexibility index (Phi) is 14.4. The Morgan fingerprint density at radius 3 is 1.40 bits per heavy atom. The minimum atomic E-state index is 0. The molecular formula is C15H28. The number of benzene rings is 1. The van der Waals surface area contributed by atoms with Gasteiger partial charge in [-0.2, -0.15) is 0 Å². The van der Waals surface area contributed by atoms with Crippen molar-refractivity contribution in [3.63, 3.8) is 0 Å². The van der Waals surface area contributed by atoms with Crippen LogP contribution in [0.15, 0.2) is 43.5 Å². The fourth-order valence-corrected chi connectivity index (χ4v) is 0.938. The summed E-state index contributed by atoms with van der Waals surface area (Å²) in [4.78, 5) is 0. The molecule has 0 bridgehead atoms. The van der Waals surface area contributed by atoms with Crippen LogP contribution < -0.4 is 0 Å². The minimum absolute atomic E-state index is 0. The van der Waals surface area contributed by atoms with Crippen LogP contribution in [-0.4, -0.2) is 0 Å². The first-order valence-electron chi connectivity index (χ1n) is 5.16. The van der Waals surface area contributed by atoms with Gasteiger partial charge in [0.25, 0.3) is 0 Å². The summed E-state index contributed by atoms with van der Waals surface area (Å²) in [7, 11) is 0. The number of hydrogen-bond donors (Lipinski definition) is 0. The first-order valence-corrected chi connectivity index (χ1v) is 5.16. The van der Waals surface area contributed by atoms with E-state index in [2.05, 4.69) is 64.3 Å². The third-order valence-corrected chi connectivity index (χ3v) is 1.64. The van der Waals surface area contributed by atoms with Crippen LogP contribution in [0.3, 0.4) is 0 Å². The van der Waals surface area contributed by atoms with Gasteiger partial charge in [0.05, 0.1) is 0 Å². The van der Waals surface area contributed by atoms with Crippen molar-refractivity contribution in [2.45, 2.75) is 47.5 Å². The lowest BCUT2D eigenvalue weighted by Crippen LogP contribution is -2.10. The molecule has 0 saturated heterocycles. The molecule has 0 N–H and O–H groups in total. The third kappa shape index (κ3) is 9.27. The Morgan fingerprint density at radius 2 is 1.20 bits per heavy atom. The molecule has 1 rings (SSSR count). The van der Waals surface area contributed by atoms with E-state index in [-0.39, 0.29) is 7.43 Å². The maximum atomic E-state index is 3.00. The van der Waals surface area contributed by atoms with Gasteiger partial charge in [0.15, 0.2) is 0 Å². The second-order valence-corrected chi connectivity index (χ2v) is 3.62. The lowest BCUT2D eigenvalue weighted by atomic mass is 9.87. The fraction of sp³-hybridized carbons (Fsp3) is 0.467. The first-order chi connectivity index (χ1) is 6.61. The first kappa shape index (κ1) is 19.5. The van der Waals surface area contributed by atoms with Crippen LogP contribution in [-0.2, 0) is 5.41 Å². The molecule has 0 aliphatic carbocycles. The summed E-state index contributed by atoms with van der Waals surface area (Å²) in [5.74, 6) is 0. The van der Waals surface area contributed by atoms with Crippen LogP contribution in [0, 0.1) is 0 Å². The molecule has 0 nitrogen and oxygen atoms in total. The van der Waals surface area contributed by atoms with Crippen molar-refractivity contribution in [3.8, 4) is 0 Å². The maximum absolute atomic E-state index is 3.00. The zero-order valence-corrected chi connectivity index (χ0v) is 10.3. The van der Waals surface area contributed by atoms with Crippen molar-refractivity contribution in [1.29, 1.82) is 0 Å². The van der Waals surface area contributed by atoms with E-state index in [1.54, 1.807) is 0 Å². The van der Waals surface area contributed by atoms with Gasteiger partial charge in [-0.05, 0) is 11.0 Å². The highest BCUT2D eigenvalue weighted by Crippen LogP contribution is 2.20. The predicted molar refractivity (Wildman–Crippen MR) is 74.5 cm³/mol. The summed E-state index contributed by atoms with van der Waals surface area (Å²) in [6.45, 7) is 16.7. The smallest absolute Gasteiger partial charge is 0.0132 e. The zero-order valence-electron chi connectivity index (χ0n) is 10.3. The molecule has 0 aliphatic rings. The van der Waals surface area contributed by atoms with E-state index >= 15 is 0 Å². The van der Waals surface area contributed by atoms with Gasteiger partial charge in [0.1, 0.15) is 0 Å². The van der Waals surface area contributed by atoms with Crippen molar-refractivity contribution in [3.05, 3.63) is 49.1 Å². The van der Waals surface area contributed by atoms with Crippen LogP contribution >= 0.6 is 0 Å². The van der Waals surface area contributed by atoms with Crippen LogP contribution in [0.25, 0.3) is 0 Å². The maximum Gasteiger partial charge on any atom is -0.0132 e. The number of hydrogen-bond acceptors (Lipinski definition) is 0. The largest absolute Gasteiger partial charge is 0.106 e. The second-order valence-electron chi connectivity index (χ2n) is 3.62. The summed E-state index contributed by atoms with van der Waals surface area (Å²) in [6.07, 6.45) is 0. The Balaban J connectivity index is -0.000000258. The molecule has 0 atom stereocenters. The molecule has 1 aromatic carbocycles. The lowest BCUT2D eigenvalue weighted by Gasteiger charge is -2.18. The van der Waals surface area contributed by atoms with E-state index in [4.69, 9.17) is 0 Å². The van der Waals surface area contributed by atoms with Gasteiger partial charge in [-0.3, -0.25) is 0 Å². The Hall–Kier alpha value is -1.04. The van der Waals surface area contributed by atoms with Crippen molar-refractivity contribution in [2.75, 3.05) is 0 Å². The van der Waals surface area contributed by atoms with Gasteiger partial charge < -0.3 is 0 Å². The molecule has 0 spiro atoms. The Bertz CT molecular complexity index is 203. The lowest BCUT2D eigenvalue weighted by molar-refractivity contribution is 0.590. The molecule has 1 aromatic rings. The zero-order chi connectivity index (χ0) is 11.6. The highest BCUT2D eigenvalue weighted by atomic mass is 14.2. The molecule has 0 unspecified atom stereocenters. The molecule has 0 amide bonds. The summed E-state index contributed by atoms with van der Waals surface area (Å²) in [6, 6.07) is 10.6. The van der Waals surface area contributed by atoms with Crippen molar-refractivity contribution >= 4 is 0 Å². The van der Waals surface area contributed by atoms with Gasteiger partial charge in [-0.1, -0.05) is 72.4 Å². The Labute approximate surface area is 97.0 Å². The molecule has 88 valence electrons. The van der Waals surface area contributed by atoms with E-state index in [9.17, 15) is 0 Å². The molecule has 0 saturated carbocycles. The summed E-state index contributed by atoms with van der Waals surface area (Å²) in [5, 5.41) is 0. The monoisotopic (exact) mass is 208 g/mol. The van der Waals surface area contributed by atoms with E-state index in [1.807, 2.05) is 13.8 Å². The molecule has 0 heterocycles. The molecule has 0 aromatic heterocycles. The highest BCUT2D eigenvalue weighted by molar-refractivity contribution is 5.21. The van der Waals surface area contributed by atoms with Crippen molar-refractivity contribution in [1.82, 2.24) is 0 Å². The third-order valence-electron chi connectivity index (χ3n) is 1.64. The van der Waals surface area contributed by atoms with E-state index in [1.165, 1.54) is 5.56 Å². The van der Waals surface area contributed by atoms with Gasteiger partial charge in [-0.25, -0.2) is 0 Å². The summed E-state index contributed by atoms with van der Waals surface area (Å²) < 4.78 is 0. The topological polar surface area (TPSA) is 0 Å².